The maximum absolute atomic E-state index is 11.9. The zero-order valence-corrected chi connectivity index (χ0v) is 13.8. The predicted octanol–water partition coefficient (Wildman–Crippen LogP) is 2.64. The van der Waals surface area contributed by atoms with Crippen molar-refractivity contribution in [3.8, 4) is 0 Å². The minimum atomic E-state index is -0.380. The van der Waals surface area contributed by atoms with E-state index < -0.39 is 0 Å². The topological polar surface area (TPSA) is 58.6 Å². The molecule has 1 aliphatic heterocycles. The van der Waals surface area contributed by atoms with Crippen LogP contribution in [0.3, 0.4) is 0 Å². The molecule has 1 unspecified atom stereocenters. The largest absolute Gasteiger partial charge is 0.368 e. The van der Waals surface area contributed by atoms with Gasteiger partial charge in [0, 0.05) is 26.6 Å². The fourth-order valence-electron chi connectivity index (χ4n) is 2.36. The maximum atomic E-state index is 11.9. The molecule has 1 aromatic rings. The first-order valence-corrected chi connectivity index (χ1v) is 7.87. The third-order valence-corrected chi connectivity index (χ3v) is 4.05. The third-order valence-electron chi connectivity index (χ3n) is 3.44. The lowest BCUT2D eigenvalue weighted by Gasteiger charge is -2.24. The Bertz CT molecular complexity index is 539. The van der Waals surface area contributed by atoms with Crippen LogP contribution in [0.2, 0.25) is 10.0 Å². The second kappa shape index (κ2) is 7.81. The average molecular weight is 345 g/mol. The van der Waals surface area contributed by atoms with Crippen LogP contribution in [0.1, 0.15) is 19.8 Å². The Labute approximate surface area is 139 Å². The summed E-state index contributed by atoms with van der Waals surface area (Å²) in [7, 11) is 0. The number of hydrogen-bond donors (Lipinski definition) is 1. The summed E-state index contributed by atoms with van der Waals surface area (Å²) < 4.78 is 5.31. The van der Waals surface area contributed by atoms with Gasteiger partial charge in [0.2, 0.25) is 11.8 Å². The zero-order valence-electron chi connectivity index (χ0n) is 12.3. The van der Waals surface area contributed by atoms with Gasteiger partial charge in [-0.25, -0.2) is 0 Å². The lowest BCUT2D eigenvalue weighted by Crippen LogP contribution is -2.41. The molecular formula is C15H18Cl2N2O3. The molecule has 1 saturated heterocycles. The number of nitrogens with one attached hydrogen (secondary N) is 1. The van der Waals surface area contributed by atoms with Gasteiger partial charge in [0.15, 0.2) is 0 Å². The summed E-state index contributed by atoms with van der Waals surface area (Å²) in [6, 6.07) is 5.05. The molecule has 0 saturated carbocycles. The highest BCUT2D eigenvalue weighted by atomic mass is 35.5. The summed E-state index contributed by atoms with van der Waals surface area (Å²) >= 11 is 12.3. The van der Waals surface area contributed by atoms with Crippen molar-refractivity contribution >= 4 is 40.7 Å². The summed E-state index contributed by atoms with van der Waals surface area (Å²) in [5.41, 5.74) is 0.463. The average Bonchev–Trinajstić information content (AvgIpc) is 2.99. The van der Waals surface area contributed by atoms with Crippen molar-refractivity contribution < 1.29 is 14.3 Å². The molecule has 1 N–H and O–H groups in total. The maximum Gasteiger partial charge on any atom is 0.249 e. The van der Waals surface area contributed by atoms with Crippen LogP contribution in [-0.2, 0) is 14.3 Å². The summed E-state index contributed by atoms with van der Waals surface area (Å²) in [4.78, 5) is 25.2. The molecule has 120 valence electrons. The Morgan fingerprint density at radius 2 is 2.05 bits per heavy atom. The van der Waals surface area contributed by atoms with E-state index in [0.717, 1.165) is 12.8 Å². The number of carbonyl (C=O) groups is 2. The Morgan fingerprint density at radius 3 is 2.59 bits per heavy atom. The first kappa shape index (κ1) is 17.1. The molecular weight excluding hydrogens is 327 g/mol. The van der Waals surface area contributed by atoms with Gasteiger partial charge in [-0.15, -0.1) is 0 Å². The standard InChI is InChI=1S/C15H18Cl2N2O3/c1-10(20)19(14-11(16)4-2-5-12(14)17)8-7-18-15(21)13-6-3-9-22-13/h2,4-5,13H,3,6-9H2,1H3,(H,18,21). The van der Waals surface area contributed by atoms with Gasteiger partial charge in [-0.2, -0.15) is 0 Å². The minimum Gasteiger partial charge on any atom is -0.368 e. The summed E-state index contributed by atoms with van der Waals surface area (Å²) in [6.45, 7) is 2.64. The second-order valence-corrected chi connectivity index (χ2v) is 5.85. The molecule has 5 nitrogen and oxygen atoms in total. The molecule has 7 heteroatoms. The van der Waals surface area contributed by atoms with Gasteiger partial charge in [-0.05, 0) is 25.0 Å². The number of hydrogen-bond acceptors (Lipinski definition) is 3. The first-order chi connectivity index (χ1) is 10.5. The number of benzene rings is 1. The molecule has 0 aliphatic carbocycles. The number of rotatable bonds is 5. The molecule has 1 heterocycles. The molecule has 0 aromatic heterocycles. The molecule has 1 aromatic carbocycles. The van der Waals surface area contributed by atoms with Crippen LogP contribution < -0.4 is 10.2 Å². The summed E-state index contributed by atoms with van der Waals surface area (Å²) in [5.74, 6) is -0.340. The van der Waals surface area contributed by atoms with E-state index >= 15 is 0 Å². The van der Waals surface area contributed by atoms with E-state index in [9.17, 15) is 9.59 Å². The Morgan fingerprint density at radius 1 is 1.36 bits per heavy atom. The molecule has 2 amide bonds. The van der Waals surface area contributed by atoms with Gasteiger partial charge < -0.3 is 15.0 Å². The van der Waals surface area contributed by atoms with E-state index in [1.165, 1.54) is 11.8 Å². The van der Waals surface area contributed by atoms with Crippen LogP contribution in [0.15, 0.2) is 18.2 Å². The minimum absolute atomic E-state index is 0.147. The number of anilines is 1. The van der Waals surface area contributed by atoms with Crippen molar-refractivity contribution in [3.63, 3.8) is 0 Å². The number of halogens is 2. The Hall–Kier alpha value is -1.30. The van der Waals surface area contributed by atoms with Gasteiger partial charge in [0.05, 0.1) is 15.7 Å². The third kappa shape index (κ3) is 4.12. The Kier molecular flexibility index (Phi) is 6.06. The molecule has 2 rings (SSSR count). The number of para-hydroxylation sites is 1. The monoisotopic (exact) mass is 344 g/mol. The van der Waals surface area contributed by atoms with Crippen LogP contribution >= 0.6 is 23.2 Å². The van der Waals surface area contributed by atoms with Crippen molar-refractivity contribution in [2.24, 2.45) is 0 Å². The summed E-state index contributed by atoms with van der Waals surface area (Å²) in [5, 5.41) is 3.57. The van der Waals surface area contributed by atoms with Gasteiger partial charge in [-0.1, -0.05) is 29.3 Å². The lowest BCUT2D eigenvalue weighted by molar-refractivity contribution is -0.130. The van der Waals surface area contributed by atoms with Crippen LogP contribution in [0.25, 0.3) is 0 Å². The van der Waals surface area contributed by atoms with Gasteiger partial charge in [0.25, 0.3) is 0 Å². The van der Waals surface area contributed by atoms with E-state index in [-0.39, 0.29) is 24.5 Å². The predicted molar refractivity (Wildman–Crippen MR) is 86.5 cm³/mol. The molecule has 0 spiro atoms. The van der Waals surface area contributed by atoms with E-state index in [2.05, 4.69) is 5.32 Å². The van der Waals surface area contributed by atoms with E-state index in [0.29, 0.717) is 28.9 Å². The highest BCUT2D eigenvalue weighted by Gasteiger charge is 2.24. The van der Waals surface area contributed by atoms with Crippen molar-refractivity contribution in [1.29, 1.82) is 0 Å². The van der Waals surface area contributed by atoms with Crippen molar-refractivity contribution in [2.45, 2.75) is 25.9 Å². The van der Waals surface area contributed by atoms with Crippen molar-refractivity contribution in [3.05, 3.63) is 28.2 Å². The fourth-order valence-corrected chi connectivity index (χ4v) is 2.96. The molecule has 1 fully saturated rings. The molecule has 1 aliphatic rings. The molecule has 0 bridgehead atoms. The van der Waals surface area contributed by atoms with Crippen LogP contribution in [-0.4, -0.2) is 37.6 Å². The van der Waals surface area contributed by atoms with Crippen LogP contribution in [0, 0.1) is 0 Å². The van der Waals surface area contributed by atoms with Gasteiger partial charge in [0.1, 0.15) is 6.10 Å². The van der Waals surface area contributed by atoms with Crippen molar-refractivity contribution in [2.75, 3.05) is 24.6 Å². The highest BCUT2D eigenvalue weighted by molar-refractivity contribution is 6.39. The van der Waals surface area contributed by atoms with Crippen LogP contribution in [0.5, 0.6) is 0 Å². The van der Waals surface area contributed by atoms with Crippen molar-refractivity contribution in [1.82, 2.24) is 5.32 Å². The normalized spacial score (nSPS) is 17.3. The Balaban J connectivity index is 1.98. The number of nitrogens with zero attached hydrogens (tertiary/aromatic N) is 1. The summed E-state index contributed by atoms with van der Waals surface area (Å²) in [6.07, 6.45) is 1.25. The van der Waals surface area contributed by atoms with E-state index in [1.807, 2.05) is 0 Å². The molecule has 0 radical (unpaired) electrons. The molecule has 1 atom stereocenters. The lowest BCUT2D eigenvalue weighted by atomic mass is 10.2. The number of ether oxygens (including phenoxy) is 1. The highest BCUT2D eigenvalue weighted by Crippen LogP contribution is 2.33. The fraction of sp³-hybridized carbons (Fsp3) is 0.467. The van der Waals surface area contributed by atoms with Gasteiger partial charge in [-0.3, -0.25) is 9.59 Å². The second-order valence-electron chi connectivity index (χ2n) is 5.03. The van der Waals surface area contributed by atoms with E-state index in [1.54, 1.807) is 18.2 Å². The molecule has 22 heavy (non-hydrogen) atoms. The zero-order chi connectivity index (χ0) is 16.1. The quantitative estimate of drug-likeness (QED) is 0.893. The number of amides is 2. The number of carbonyl (C=O) groups excluding carboxylic acids is 2. The SMILES string of the molecule is CC(=O)N(CCNC(=O)C1CCCO1)c1c(Cl)cccc1Cl. The van der Waals surface area contributed by atoms with E-state index in [4.69, 9.17) is 27.9 Å². The van der Waals surface area contributed by atoms with Crippen LogP contribution in [0.4, 0.5) is 5.69 Å². The smallest absolute Gasteiger partial charge is 0.249 e. The van der Waals surface area contributed by atoms with Gasteiger partial charge >= 0.3 is 0 Å². The first-order valence-electron chi connectivity index (χ1n) is 7.12.